The molecule has 74 valence electrons. The van der Waals surface area contributed by atoms with E-state index in [1.807, 2.05) is 6.07 Å². The number of fused-ring (bicyclic) bond motifs is 1. The van der Waals surface area contributed by atoms with Crippen LogP contribution in [0.2, 0.25) is 0 Å². The predicted octanol–water partition coefficient (Wildman–Crippen LogP) is 2.85. The first-order valence-electron chi connectivity index (χ1n) is 4.99. The first kappa shape index (κ1) is 9.28. The quantitative estimate of drug-likeness (QED) is 0.803. The fourth-order valence-corrected chi connectivity index (χ4v) is 1.55. The lowest BCUT2D eigenvalue weighted by molar-refractivity contribution is 0.520. The van der Waals surface area contributed by atoms with Gasteiger partial charge in [0.25, 0.3) is 0 Å². The third-order valence-electron chi connectivity index (χ3n) is 2.27. The lowest BCUT2D eigenvalue weighted by Crippen LogP contribution is -2.10. The van der Waals surface area contributed by atoms with E-state index in [0.717, 1.165) is 24.4 Å². The molecule has 0 aliphatic carbocycles. The Morgan fingerprint density at radius 3 is 2.93 bits per heavy atom. The van der Waals surface area contributed by atoms with Crippen molar-refractivity contribution in [3.05, 3.63) is 35.6 Å². The molecule has 0 spiro atoms. The summed E-state index contributed by atoms with van der Waals surface area (Å²) in [6, 6.07) is 8.35. The van der Waals surface area contributed by atoms with Gasteiger partial charge in [0.1, 0.15) is 11.3 Å². The van der Waals surface area contributed by atoms with Crippen LogP contribution in [0.3, 0.4) is 0 Å². The van der Waals surface area contributed by atoms with Gasteiger partial charge in [-0.3, -0.25) is 0 Å². The molecule has 0 unspecified atom stereocenters. The highest BCUT2D eigenvalue weighted by atomic mass is 16.3. The minimum atomic E-state index is 0.810. The summed E-state index contributed by atoms with van der Waals surface area (Å²) in [6.07, 6.45) is 0. The molecule has 14 heavy (non-hydrogen) atoms. The maximum atomic E-state index is 5.66. The Morgan fingerprint density at radius 2 is 2.14 bits per heavy atom. The summed E-state index contributed by atoms with van der Waals surface area (Å²) in [5.41, 5.74) is 2.25. The molecule has 0 saturated heterocycles. The Labute approximate surface area is 83.9 Å². The molecule has 2 rings (SSSR count). The van der Waals surface area contributed by atoms with Gasteiger partial charge in [0.15, 0.2) is 0 Å². The van der Waals surface area contributed by atoms with Crippen LogP contribution in [-0.4, -0.2) is 6.54 Å². The van der Waals surface area contributed by atoms with Gasteiger partial charge in [-0.15, -0.1) is 0 Å². The van der Waals surface area contributed by atoms with Crippen molar-refractivity contribution in [2.45, 2.75) is 20.4 Å². The van der Waals surface area contributed by atoms with Gasteiger partial charge in [0, 0.05) is 5.39 Å². The van der Waals surface area contributed by atoms with Gasteiger partial charge in [-0.2, -0.15) is 0 Å². The van der Waals surface area contributed by atoms with Crippen LogP contribution >= 0.6 is 0 Å². The Balaban J connectivity index is 2.32. The highest BCUT2D eigenvalue weighted by Gasteiger charge is 2.02. The Morgan fingerprint density at radius 1 is 1.29 bits per heavy atom. The SMILES string of the molecule is CCNCc1cc2cc(C)ccc2o1. The fourth-order valence-electron chi connectivity index (χ4n) is 1.55. The monoisotopic (exact) mass is 189 g/mol. The van der Waals surface area contributed by atoms with Gasteiger partial charge < -0.3 is 9.73 Å². The number of hydrogen-bond acceptors (Lipinski definition) is 2. The Hall–Kier alpha value is -1.28. The summed E-state index contributed by atoms with van der Waals surface area (Å²) in [6.45, 7) is 5.96. The molecule has 1 N–H and O–H groups in total. The molecule has 1 heterocycles. The van der Waals surface area contributed by atoms with Crippen LogP contribution in [0.25, 0.3) is 11.0 Å². The molecule has 1 aromatic carbocycles. The highest BCUT2D eigenvalue weighted by Crippen LogP contribution is 2.20. The van der Waals surface area contributed by atoms with Gasteiger partial charge in [-0.05, 0) is 31.7 Å². The maximum Gasteiger partial charge on any atom is 0.134 e. The van der Waals surface area contributed by atoms with E-state index in [0.29, 0.717) is 0 Å². The van der Waals surface area contributed by atoms with Crippen LogP contribution in [0.5, 0.6) is 0 Å². The van der Waals surface area contributed by atoms with E-state index in [4.69, 9.17) is 4.42 Å². The van der Waals surface area contributed by atoms with Crippen LogP contribution in [0.4, 0.5) is 0 Å². The number of nitrogens with one attached hydrogen (secondary N) is 1. The van der Waals surface area contributed by atoms with Crippen molar-refractivity contribution in [2.24, 2.45) is 0 Å². The van der Waals surface area contributed by atoms with Crippen LogP contribution in [0.1, 0.15) is 18.2 Å². The summed E-state index contributed by atoms with van der Waals surface area (Å²) >= 11 is 0. The van der Waals surface area contributed by atoms with Crippen LogP contribution in [-0.2, 0) is 6.54 Å². The Kier molecular flexibility index (Phi) is 2.55. The average molecular weight is 189 g/mol. The zero-order valence-electron chi connectivity index (χ0n) is 8.63. The maximum absolute atomic E-state index is 5.66. The van der Waals surface area contributed by atoms with Crippen molar-refractivity contribution >= 4 is 11.0 Å². The van der Waals surface area contributed by atoms with Crippen molar-refractivity contribution in [3.63, 3.8) is 0 Å². The van der Waals surface area contributed by atoms with E-state index in [2.05, 4.69) is 37.4 Å². The van der Waals surface area contributed by atoms with Crippen molar-refractivity contribution in [2.75, 3.05) is 6.54 Å². The van der Waals surface area contributed by atoms with Gasteiger partial charge >= 0.3 is 0 Å². The van der Waals surface area contributed by atoms with Crippen LogP contribution in [0.15, 0.2) is 28.7 Å². The zero-order chi connectivity index (χ0) is 9.97. The zero-order valence-corrected chi connectivity index (χ0v) is 8.63. The van der Waals surface area contributed by atoms with Crippen molar-refractivity contribution in [1.82, 2.24) is 5.32 Å². The molecule has 1 aromatic heterocycles. The molecule has 2 heteroatoms. The number of hydrogen-bond donors (Lipinski definition) is 1. The molecule has 2 aromatic rings. The fraction of sp³-hybridized carbons (Fsp3) is 0.333. The predicted molar refractivity (Wildman–Crippen MR) is 58.3 cm³/mol. The molecule has 0 amide bonds. The van der Waals surface area contributed by atoms with E-state index < -0.39 is 0 Å². The molecule has 0 radical (unpaired) electrons. The number of furan rings is 1. The first-order valence-corrected chi connectivity index (χ1v) is 4.99. The van der Waals surface area contributed by atoms with Gasteiger partial charge in [0.2, 0.25) is 0 Å². The first-order chi connectivity index (χ1) is 6.79. The molecule has 0 atom stereocenters. The summed E-state index contributed by atoms with van der Waals surface area (Å²) < 4.78 is 5.66. The molecular weight excluding hydrogens is 174 g/mol. The van der Waals surface area contributed by atoms with Gasteiger partial charge in [0.05, 0.1) is 6.54 Å². The molecule has 0 aliphatic heterocycles. The lowest BCUT2D eigenvalue weighted by atomic mass is 10.2. The van der Waals surface area contributed by atoms with E-state index in [9.17, 15) is 0 Å². The molecular formula is C12H15NO. The molecule has 0 fully saturated rings. The minimum Gasteiger partial charge on any atom is -0.460 e. The standard InChI is InChI=1S/C12H15NO/c1-3-13-8-11-7-10-6-9(2)4-5-12(10)14-11/h4-7,13H,3,8H2,1-2H3. The third-order valence-corrected chi connectivity index (χ3v) is 2.27. The molecule has 0 aliphatic rings. The molecule has 0 bridgehead atoms. The third kappa shape index (κ3) is 1.80. The van der Waals surface area contributed by atoms with E-state index >= 15 is 0 Å². The number of rotatable bonds is 3. The largest absolute Gasteiger partial charge is 0.460 e. The van der Waals surface area contributed by atoms with E-state index in [1.165, 1.54) is 10.9 Å². The molecule has 0 saturated carbocycles. The normalized spacial score (nSPS) is 11.0. The van der Waals surface area contributed by atoms with Crippen molar-refractivity contribution in [3.8, 4) is 0 Å². The summed E-state index contributed by atoms with van der Waals surface area (Å²) in [7, 11) is 0. The summed E-state index contributed by atoms with van der Waals surface area (Å²) in [5.74, 6) is 1.01. The van der Waals surface area contributed by atoms with Crippen molar-refractivity contribution in [1.29, 1.82) is 0 Å². The van der Waals surface area contributed by atoms with Crippen LogP contribution in [0, 0.1) is 6.92 Å². The van der Waals surface area contributed by atoms with Crippen molar-refractivity contribution < 1.29 is 4.42 Å². The minimum absolute atomic E-state index is 0.810. The average Bonchev–Trinajstić information content (AvgIpc) is 2.56. The number of benzene rings is 1. The van der Waals surface area contributed by atoms with Gasteiger partial charge in [-0.1, -0.05) is 18.6 Å². The van der Waals surface area contributed by atoms with Gasteiger partial charge in [-0.25, -0.2) is 0 Å². The highest BCUT2D eigenvalue weighted by molar-refractivity contribution is 5.78. The lowest BCUT2D eigenvalue weighted by Gasteiger charge is -1.94. The Bertz CT molecular complexity index is 431. The van der Waals surface area contributed by atoms with E-state index in [1.54, 1.807) is 0 Å². The smallest absolute Gasteiger partial charge is 0.134 e. The summed E-state index contributed by atoms with van der Waals surface area (Å²) in [5, 5.41) is 4.44. The summed E-state index contributed by atoms with van der Waals surface area (Å²) in [4.78, 5) is 0. The van der Waals surface area contributed by atoms with E-state index in [-0.39, 0.29) is 0 Å². The topological polar surface area (TPSA) is 25.2 Å². The van der Waals surface area contributed by atoms with Crippen LogP contribution < -0.4 is 5.32 Å². The second kappa shape index (κ2) is 3.84. The second-order valence-electron chi connectivity index (χ2n) is 3.53. The molecule has 2 nitrogen and oxygen atoms in total. The second-order valence-corrected chi connectivity index (χ2v) is 3.53. The number of aryl methyl sites for hydroxylation is 1.